The van der Waals surface area contributed by atoms with Crippen LogP contribution in [0.5, 0.6) is 6.08 Å². The van der Waals surface area contributed by atoms with E-state index in [0.717, 1.165) is 10.4 Å². The summed E-state index contributed by atoms with van der Waals surface area (Å²) in [4.78, 5) is 4.99. The van der Waals surface area contributed by atoms with E-state index in [2.05, 4.69) is 4.98 Å². The number of nitrogens with zero attached hydrogens (tertiary/aromatic N) is 1. The fourth-order valence-electron chi connectivity index (χ4n) is 0.834. The molecule has 0 saturated carbocycles. The van der Waals surface area contributed by atoms with E-state index in [1.54, 1.807) is 11.3 Å². The maximum atomic E-state index is 5.23. The predicted molar refractivity (Wildman–Crippen MR) is 43.1 cm³/mol. The quantitative estimate of drug-likeness (QED) is 0.691. The van der Waals surface area contributed by atoms with E-state index in [1.165, 1.54) is 0 Å². The average molecular weight is 169 g/mol. The maximum absolute atomic E-state index is 5.23. The summed E-state index contributed by atoms with van der Waals surface area (Å²) < 4.78 is 10.3. The molecule has 2 aromatic rings. The van der Waals surface area contributed by atoms with E-state index in [0.29, 0.717) is 12.7 Å². The molecule has 2 aromatic heterocycles. The zero-order valence-electron chi connectivity index (χ0n) is 6.03. The maximum Gasteiger partial charge on any atom is 0.395 e. The Hall–Kier alpha value is -1.03. The lowest BCUT2D eigenvalue weighted by molar-refractivity contribution is 0.251. The first kappa shape index (κ1) is 6.67. The van der Waals surface area contributed by atoms with Gasteiger partial charge in [0, 0.05) is 0 Å². The summed E-state index contributed by atoms with van der Waals surface area (Å²) in [5.41, 5.74) is 0.804. The summed E-state index contributed by atoms with van der Waals surface area (Å²) in [6.45, 7) is 2.49. The third-order valence-corrected chi connectivity index (χ3v) is 2.06. The summed E-state index contributed by atoms with van der Waals surface area (Å²) in [6, 6.07) is 1.88. The van der Waals surface area contributed by atoms with Gasteiger partial charge >= 0.3 is 6.08 Å². The smallest absolute Gasteiger partial charge is 0.395 e. The number of ether oxygens (including phenoxy) is 1. The van der Waals surface area contributed by atoms with Crippen LogP contribution < -0.4 is 4.74 Å². The van der Waals surface area contributed by atoms with Crippen LogP contribution >= 0.6 is 11.3 Å². The second-order valence-electron chi connectivity index (χ2n) is 2.00. The Labute approximate surface area is 67.6 Å². The third-order valence-electron chi connectivity index (χ3n) is 1.27. The molecule has 2 heterocycles. The molecule has 58 valence electrons. The second kappa shape index (κ2) is 2.54. The van der Waals surface area contributed by atoms with Crippen LogP contribution in [-0.4, -0.2) is 11.6 Å². The molecule has 11 heavy (non-hydrogen) atoms. The second-order valence-corrected chi connectivity index (χ2v) is 2.90. The fourth-order valence-corrected chi connectivity index (χ4v) is 1.51. The third kappa shape index (κ3) is 1.09. The van der Waals surface area contributed by atoms with Gasteiger partial charge < -0.3 is 9.15 Å². The van der Waals surface area contributed by atoms with Gasteiger partial charge in [-0.15, -0.1) is 11.3 Å². The van der Waals surface area contributed by atoms with Gasteiger partial charge in [0.25, 0.3) is 0 Å². The summed E-state index contributed by atoms with van der Waals surface area (Å²) in [7, 11) is 0. The monoisotopic (exact) mass is 169 g/mol. The molecule has 0 radical (unpaired) electrons. The first-order valence-corrected chi connectivity index (χ1v) is 4.25. The zero-order chi connectivity index (χ0) is 7.68. The van der Waals surface area contributed by atoms with Crippen LogP contribution in [0.1, 0.15) is 6.92 Å². The average Bonchev–Trinajstić information content (AvgIpc) is 2.46. The predicted octanol–water partition coefficient (Wildman–Crippen LogP) is 2.29. The van der Waals surface area contributed by atoms with Gasteiger partial charge in [0.05, 0.1) is 6.61 Å². The molecule has 0 aliphatic carbocycles. The topological polar surface area (TPSA) is 35.3 Å². The van der Waals surface area contributed by atoms with Crippen molar-refractivity contribution < 1.29 is 9.15 Å². The first-order chi connectivity index (χ1) is 5.40. The van der Waals surface area contributed by atoms with Gasteiger partial charge in [-0.05, 0) is 18.4 Å². The molecule has 0 saturated heterocycles. The molecule has 0 amide bonds. The van der Waals surface area contributed by atoms with Gasteiger partial charge in [0.15, 0.2) is 10.4 Å². The van der Waals surface area contributed by atoms with Crippen LogP contribution in [0, 0.1) is 0 Å². The van der Waals surface area contributed by atoms with Crippen molar-refractivity contribution >= 4 is 21.8 Å². The number of hydrogen-bond donors (Lipinski definition) is 0. The lowest BCUT2D eigenvalue weighted by Crippen LogP contribution is -1.89. The number of rotatable bonds is 2. The molecule has 0 atom stereocenters. The molecule has 0 aliphatic rings. The first-order valence-electron chi connectivity index (χ1n) is 3.37. The van der Waals surface area contributed by atoms with Crippen molar-refractivity contribution in [2.75, 3.05) is 6.61 Å². The minimum atomic E-state index is 0.370. The van der Waals surface area contributed by atoms with Gasteiger partial charge in [-0.1, -0.05) is 0 Å². The Balaban J connectivity index is 2.42. The van der Waals surface area contributed by atoms with Crippen LogP contribution in [0.15, 0.2) is 15.9 Å². The molecular weight excluding hydrogens is 162 g/mol. The van der Waals surface area contributed by atoms with Gasteiger partial charge in [0.1, 0.15) is 0 Å². The Bertz CT molecular complexity index is 323. The molecule has 4 heteroatoms. The van der Waals surface area contributed by atoms with Crippen molar-refractivity contribution in [1.82, 2.24) is 4.98 Å². The van der Waals surface area contributed by atoms with E-state index in [1.807, 2.05) is 18.4 Å². The number of oxazole rings is 1. The van der Waals surface area contributed by atoms with Crippen LogP contribution in [0.4, 0.5) is 0 Å². The molecule has 0 N–H and O–H groups in total. The summed E-state index contributed by atoms with van der Waals surface area (Å²) >= 11 is 1.55. The Morgan fingerprint density at radius 1 is 1.73 bits per heavy atom. The summed E-state index contributed by atoms with van der Waals surface area (Å²) in [5, 5.41) is 1.94. The molecule has 0 aliphatic heterocycles. The standard InChI is InChI=1S/C7H7NO2S/c1-2-9-7-8-6-5(10-7)3-4-11-6/h3-4H,2H2,1H3. The Morgan fingerprint density at radius 2 is 2.64 bits per heavy atom. The summed E-state index contributed by atoms with van der Waals surface area (Å²) in [6.07, 6.45) is 0.370. The SMILES string of the molecule is CCOc1nc2sccc2o1. The Kier molecular flexibility index (Phi) is 1.54. The van der Waals surface area contributed by atoms with E-state index < -0.39 is 0 Å². The minimum absolute atomic E-state index is 0.370. The lowest BCUT2D eigenvalue weighted by atomic mass is 10.6. The molecule has 0 spiro atoms. The van der Waals surface area contributed by atoms with Crippen LogP contribution in [-0.2, 0) is 0 Å². The highest BCUT2D eigenvalue weighted by molar-refractivity contribution is 7.16. The number of hydrogen-bond acceptors (Lipinski definition) is 4. The minimum Gasteiger partial charge on any atom is -0.450 e. The molecule has 0 bridgehead atoms. The van der Waals surface area contributed by atoms with Crippen LogP contribution in [0.3, 0.4) is 0 Å². The number of thiophene rings is 1. The number of aromatic nitrogens is 1. The lowest BCUT2D eigenvalue weighted by Gasteiger charge is -1.91. The van der Waals surface area contributed by atoms with Crippen molar-refractivity contribution in [2.24, 2.45) is 0 Å². The van der Waals surface area contributed by atoms with Crippen LogP contribution in [0.2, 0.25) is 0 Å². The molecular formula is C7H7NO2S. The van der Waals surface area contributed by atoms with Crippen molar-refractivity contribution in [1.29, 1.82) is 0 Å². The Morgan fingerprint density at radius 3 is 3.36 bits per heavy atom. The van der Waals surface area contributed by atoms with Crippen molar-refractivity contribution in [3.05, 3.63) is 11.4 Å². The molecule has 0 aromatic carbocycles. The van der Waals surface area contributed by atoms with E-state index in [-0.39, 0.29) is 0 Å². The van der Waals surface area contributed by atoms with E-state index in [4.69, 9.17) is 9.15 Å². The van der Waals surface area contributed by atoms with Gasteiger partial charge in [-0.3, -0.25) is 0 Å². The fraction of sp³-hybridized carbons (Fsp3) is 0.286. The highest BCUT2D eigenvalue weighted by atomic mass is 32.1. The highest BCUT2D eigenvalue weighted by Gasteiger charge is 2.05. The van der Waals surface area contributed by atoms with Crippen molar-refractivity contribution in [3.63, 3.8) is 0 Å². The van der Waals surface area contributed by atoms with Gasteiger partial charge in [-0.25, -0.2) is 0 Å². The molecule has 0 fully saturated rings. The van der Waals surface area contributed by atoms with Gasteiger partial charge in [0.2, 0.25) is 0 Å². The van der Waals surface area contributed by atoms with Crippen molar-refractivity contribution in [2.45, 2.75) is 6.92 Å². The van der Waals surface area contributed by atoms with Crippen molar-refractivity contribution in [3.8, 4) is 6.08 Å². The largest absolute Gasteiger partial charge is 0.450 e. The highest BCUT2D eigenvalue weighted by Crippen LogP contribution is 2.24. The zero-order valence-corrected chi connectivity index (χ0v) is 6.85. The van der Waals surface area contributed by atoms with Crippen LogP contribution in [0.25, 0.3) is 10.4 Å². The van der Waals surface area contributed by atoms with E-state index >= 15 is 0 Å². The molecule has 2 rings (SSSR count). The number of fused-ring (bicyclic) bond motifs is 1. The normalized spacial score (nSPS) is 10.6. The van der Waals surface area contributed by atoms with Gasteiger partial charge in [-0.2, -0.15) is 4.98 Å². The molecule has 0 unspecified atom stereocenters. The van der Waals surface area contributed by atoms with E-state index in [9.17, 15) is 0 Å². The summed E-state index contributed by atoms with van der Waals surface area (Å²) in [5.74, 6) is 0. The molecule has 3 nitrogen and oxygen atoms in total.